The van der Waals surface area contributed by atoms with E-state index in [1.54, 1.807) is 36.1 Å². The van der Waals surface area contributed by atoms with Crippen LogP contribution >= 0.6 is 0 Å². The van der Waals surface area contributed by atoms with Crippen molar-refractivity contribution < 1.29 is 19.4 Å². The maximum absolute atomic E-state index is 10.7. The molecule has 154 valence electrons. The lowest BCUT2D eigenvalue weighted by Gasteiger charge is -2.19. The van der Waals surface area contributed by atoms with E-state index in [-0.39, 0.29) is 0 Å². The molecule has 0 aliphatic heterocycles. The van der Waals surface area contributed by atoms with Crippen LogP contribution in [0.5, 0.6) is 5.75 Å². The van der Waals surface area contributed by atoms with Crippen LogP contribution in [0.15, 0.2) is 30.5 Å². The average molecular weight is 390 g/mol. The van der Waals surface area contributed by atoms with Gasteiger partial charge in [0.1, 0.15) is 12.4 Å². The molecule has 0 unspecified atom stereocenters. The first-order chi connectivity index (χ1) is 13.5. The molecular formula is C20H30N4O4. The smallest absolute Gasteiger partial charge is 0.409 e. The third-order valence-corrected chi connectivity index (χ3v) is 4.59. The number of anilines is 1. The summed E-state index contributed by atoms with van der Waals surface area (Å²) in [4.78, 5) is 10.7. The van der Waals surface area contributed by atoms with Gasteiger partial charge in [0, 0.05) is 38.1 Å². The summed E-state index contributed by atoms with van der Waals surface area (Å²) in [5, 5.41) is 15.2. The molecule has 1 fully saturated rings. The number of aromatic nitrogens is 2. The van der Waals surface area contributed by atoms with Crippen molar-refractivity contribution in [2.75, 3.05) is 25.6 Å². The molecule has 1 aromatic heterocycles. The SMILES string of the molecule is COC1CCCCC1.Cn1nccc1-c1cc(NC(=O)O)ccc1OCCN. The Morgan fingerprint density at radius 3 is 2.61 bits per heavy atom. The highest BCUT2D eigenvalue weighted by Crippen LogP contribution is 2.32. The lowest BCUT2D eigenvalue weighted by atomic mass is 9.98. The number of amides is 1. The van der Waals surface area contributed by atoms with E-state index in [0.717, 1.165) is 11.3 Å². The molecule has 8 nitrogen and oxygen atoms in total. The molecule has 0 bridgehead atoms. The Labute approximate surface area is 165 Å². The maximum Gasteiger partial charge on any atom is 0.409 e. The minimum Gasteiger partial charge on any atom is -0.492 e. The largest absolute Gasteiger partial charge is 0.492 e. The molecule has 1 heterocycles. The Balaban J connectivity index is 0.000000292. The molecule has 0 saturated heterocycles. The summed E-state index contributed by atoms with van der Waals surface area (Å²) in [6.07, 6.45) is 7.88. The van der Waals surface area contributed by atoms with Crippen molar-refractivity contribution in [3.05, 3.63) is 30.5 Å². The van der Waals surface area contributed by atoms with Gasteiger partial charge in [0.15, 0.2) is 0 Å². The first-order valence-corrected chi connectivity index (χ1v) is 9.53. The van der Waals surface area contributed by atoms with Gasteiger partial charge in [0.05, 0.1) is 11.8 Å². The van der Waals surface area contributed by atoms with Crippen LogP contribution in [0.2, 0.25) is 0 Å². The quantitative estimate of drug-likeness (QED) is 0.696. The zero-order valence-corrected chi connectivity index (χ0v) is 16.6. The van der Waals surface area contributed by atoms with E-state index in [9.17, 15) is 4.79 Å². The van der Waals surface area contributed by atoms with Crippen molar-refractivity contribution >= 4 is 11.8 Å². The summed E-state index contributed by atoms with van der Waals surface area (Å²) in [7, 11) is 3.62. The minimum absolute atomic E-state index is 0.385. The van der Waals surface area contributed by atoms with Crippen LogP contribution < -0.4 is 15.8 Å². The number of nitrogens with one attached hydrogen (secondary N) is 1. The van der Waals surface area contributed by atoms with Gasteiger partial charge in [0.2, 0.25) is 0 Å². The summed E-state index contributed by atoms with van der Waals surface area (Å²) >= 11 is 0. The second-order valence-electron chi connectivity index (χ2n) is 6.61. The minimum atomic E-state index is -1.11. The van der Waals surface area contributed by atoms with Crippen LogP contribution in [-0.2, 0) is 11.8 Å². The van der Waals surface area contributed by atoms with Crippen LogP contribution in [0.4, 0.5) is 10.5 Å². The first kappa shape index (κ1) is 21.7. The number of hydrogen-bond acceptors (Lipinski definition) is 5. The van der Waals surface area contributed by atoms with Crippen molar-refractivity contribution in [3.8, 4) is 17.0 Å². The van der Waals surface area contributed by atoms with Gasteiger partial charge in [0.25, 0.3) is 0 Å². The predicted molar refractivity (Wildman–Crippen MR) is 109 cm³/mol. The molecule has 28 heavy (non-hydrogen) atoms. The topological polar surface area (TPSA) is 112 Å². The zero-order valence-electron chi connectivity index (χ0n) is 16.6. The van der Waals surface area contributed by atoms with Gasteiger partial charge in [-0.15, -0.1) is 0 Å². The fourth-order valence-electron chi connectivity index (χ4n) is 3.17. The van der Waals surface area contributed by atoms with Gasteiger partial charge in [-0.3, -0.25) is 10.00 Å². The van der Waals surface area contributed by atoms with Gasteiger partial charge >= 0.3 is 6.09 Å². The van der Waals surface area contributed by atoms with E-state index >= 15 is 0 Å². The Morgan fingerprint density at radius 1 is 1.32 bits per heavy atom. The fraction of sp³-hybridized carbons (Fsp3) is 0.500. The number of hydrogen-bond donors (Lipinski definition) is 3. The van der Waals surface area contributed by atoms with Gasteiger partial charge in [-0.05, 0) is 37.1 Å². The van der Waals surface area contributed by atoms with Gasteiger partial charge in [-0.2, -0.15) is 5.10 Å². The maximum atomic E-state index is 10.7. The number of rotatable bonds is 6. The third kappa shape index (κ3) is 6.54. The molecule has 8 heteroatoms. The number of methoxy groups -OCH3 is 1. The molecule has 4 N–H and O–H groups in total. The number of benzene rings is 1. The van der Waals surface area contributed by atoms with Crippen molar-refractivity contribution in [2.24, 2.45) is 12.8 Å². The monoisotopic (exact) mass is 390 g/mol. The Morgan fingerprint density at radius 2 is 2.07 bits per heavy atom. The fourth-order valence-corrected chi connectivity index (χ4v) is 3.17. The van der Waals surface area contributed by atoms with E-state index < -0.39 is 6.09 Å². The third-order valence-electron chi connectivity index (χ3n) is 4.59. The summed E-state index contributed by atoms with van der Waals surface area (Å²) < 4.78 is 12.5. The molecule has 0 radical (unpaired) electrons. The highest BCUT2D eigenvalue weighted by molar-refractivity contribution is 5.85. The Hall–Kier alpha value is -2.58. The van der Waals surface area contributed by atoms with E-state index in [0.29, 0.717) is 30.7 Å². The predicted octanol–water partition coefficient (Wildman–Crippen LogP) is 3.48. The average Bonchev–Trinajstić information content (AvgIpc) is 3.13. The highest BCUT2D eigenvalue weighted by atomic mass is 16.5. The molecule has 1 aromatic carbocycles. The molecule has 1 aliphatic carbocycles. The van der Waals surface area contributed by atoms with E-state index in [2.05, 4.69) is 10.4 Å². The molecule has 1 amide bonds. The number of carboxylic acid groups (broad SMARTS) is 1. The number of carbonyl (C=O) groups is 1. The normalized spacial score (nSPS) is 14.1. The van der Waals surface area contributed by atoms with Crippen LogP contribution in [0.25, 0.3) is 11.3 Å². The molecule has 0 atom stereocenters. The molecule has 1 aliphatic rings. The van der Waals surface area contributed by atoms with Gasteiger partial charge < -0.3 is 20.3 Å². The Bertz CT molecular complexity index is 742. The van der Waals surface area contributed by atoms with Crippen molar-refractivity contribution in [3.63, 3.8) is 0 Å². The number of aryl methyl sites for hydroxylation is 1. The van der Waals surface area contributed by atoms with Crippen molar-refractivity contribution in [1.29, 1.82) is 0 Å². The molecular weight excluding hydrogens is 360 g/mol. The highest BCUT2D eigenvalue weighted by Gasteiger charge is 2.12. The zero-order chi connectivity index (χ0) is 20.4. The number of nitrogens with two attached hydrogens (primary N) is 1. The van der Waals surface area contributed by atoms with E-state index in [4.69, 9.17) is 20.3 Å². The summed E-state index contributed by atoms with van der Waals surface area (Å²) in [6, 6.07) is 6.88. The summed E-state index contributed by atoms with van der Waals surface area (Å²) in [5.41, 5.74) is 7.48. The molecule has 2 aromatic rings. The number of nitrogens with zero attached hydrogens (tertiary/aromatic N) is 2. The first-order valence-electron chi connectivity index (χ1n) is 9.53. The number of ether oxygens (including phenoxy) is 2. The van der Waals surface area contributed by atoms with Crippen molar-refractivity contribution in [1.82, 2.24) is 9.78 Å². The van der Waals surface area contributed by atoms with E-state index in [1.807, 2.05) is 13.2 Å². The summed E-state index contributed by atoms with van der Waals surface area (Å²) in [6.45, 7) is 0.788. The second-order valence-corrected chi connectivity index (χ2v) is 6.61. The van der Waals surface area contributed by atoms with E-state index in [1.165, 1.54) is 32.1 Å². The standard InChI is InChI=1S/C13H16N4O3.C7H14O/c1-17-11(4-6-15-17)10-8-9(16-13(18)19)2-3-12(10)20-7-5-14;1-8-7-5-3-2-4-6-7/h2-4,6,8,16H,5,7,14H2,1H3,(H,18,19);7H,2-6H2,1H3. The van der Waals surface area contributed by atoms with Crippen LogP contribution in [0, 0.1) is 0 Å². The second kappa shape index (κ2) is 11.3. The van der Waals surface area contributed by atoms with Gasteiger partial charge in [-0.1, -0.05) is 19.3 Å². The molecule has 3 rings (SSSR count). The summed E-state index contributed by atoms with van der Waals surface area (Å²) in [5.74, 6) is 0.634. The van der Waals surface area contributed by atoms with Crippen molar-refractivity contribution in [2.45, 2.75) is 38.2 Å². The van der Waals surface area contributed by atoms with Crippen LogP contribution in [-0.4, -0.2) is 47.3 Å². The van der Waals surface area contributed by atoms with Gasteiger partial charge in [-0.25, -0.2) is 4.79 Å². The lowest BCUT2D eigenvalue weighted by Crippen LogP contribution is -2.13. The van der Waals surface area contributed by atoms with Crippen LogP contribution in [0.1, 0.15) is 32.1 Å². The lowest BCUT2D eigenvalue weighted by molar-refractivity contribution is 0.0710. The molecule has 1 saturated carbocycles. The van der Waals surface area contributed by atoms with Crippen LogP contribution in [0.3, 0.4) is 0 Å². The Kier molecular flexibility index (Phi) is 8.77. The molecule has 0 spiro atoms.